The van der Waals surface area contributed by atoms with E-state index in [9.17, 15) is 0 Å². The van der Waals surface area contributed by atoms with Crippen LogP contribution in [-0.2, 0) is 4.74 Å². The molecule has 0 bridgehead atoms. The molecule has 12 heavy (non-hydrogen) atoms. The Balaban J connectivity index is 2.37. The molecule has 0 aromatic rings. The van der Waals surface area contributed by atoms with E-state index >= 15 is 0 Å². The van der Waals surface area contributed by atoms with Gasteiger partial charge < -0.3 is 4.74 Å². The first-order valence-corrected chi connectivity index (χ1v) is 5.12. The van der Waals surface area contributed by atoms with Gasteiger partial charge in [-0.1, -0.05) is 31.9 Å². The van der Waals surface area contributed by atoms with Crippen LogP contribution in [-0.4, -0.2) is 12.2 Å². The number of rotatable bonds is 5. The van der Waals surface area contributed by atoms with Crippen molar-refractivity contribution in [2.24, 2.45) is 0 Å². The van der Waals surface area contributed by atoms with Crippen LogP contribution in [0.15, 0.2) is 12.2 Å². The van der Waals surface area contributed by atoms with Gasteiger partial charge >= 0.3 is 0 Å². The number of ether oxygens (including phenoxy) is 1. The van der Waals surface area contributed by atoms with Crippen LogP contribution in [0, 0.1) is 0 Å². The minimum atomic E-state index is 0.185. The van der Waals surface area contributed by atoms with E-state index in [1.807, 2.05) is 0 Å². The normalized spacial score (nSPS) is 20.2. The van der Waals surface area contributed by atoms with Crippen molar-refractivity contribution in [3.8, 4) is 0 Å². The van der Waals surface area contributed by atoms with Crippen LogP contribution in [0.3, 0.4) is 0 Å². The predicted molar refractivity (Wildman–Crippen MR) is 52.3 cm³/mol. The molecule has 0 atom stereocenters. The summed E-state index contributed by atoms with van der Waals surface area (Å²) < 4.78 is 5.83. The molecule has 0 aliphatic heterocycles. The molecule has 0 saturated heterocycles. The molecule has 0 aromatic carbocycles. The fourth-order valence-electron chi connectivity index (χ4n) is 1.88. The molecule has 70 valence electrons. The van der Waals surface area contributed by atoms with Gasteiger partial charge in [0.2, 0.25) is 0 Å². The first-order chi connectivity index (χ1) is 5.83. The van der Waals surface area contributed by atoms with Gasteiger partial charge in [0, 0.05) is 6.61 Å². The topological polar surface area (TPSA) is 9.23 Å². The summed E-state index contributed by atoms with van der Waals surface area (Å²) in [5.74, 6) is 0. The van der Waals surface area contributed by atoms with Crippen LogP contribution < -0.4 is 0 Å². The van der Waals surface area contributed by atoms with Crippen molar-refractivity contribution in [1.29, 1.82) is 0 Å². The molecule has 0 amide bonds. The molecule has 1 rings (SSSR count). The molecule has 1 aliphatic rings. The third-order valence-corrected chi connectivity index (χ3v) is 2.58. The highest BCUT2D eigenvalue weighted by molar-refractivity contribution is 5.04. The largest absolute Gasteiger partial charge is 0.375 e. The second kappa shape index (κ2) is 4.66. The predicted octanol–water partition coefficient (Wildman–Crippen LogP) is 3.30. The third kappa shape index (κ3) is 2.34. The molecule has 0 spiro atoms. The van der Waals surface area contributed by atoms with E-state index in [1.165, 1.54) is 19.3 Å². The monoisotopic (exact) mass is 168 g/mol. The highest BCUT2D eigenvalue weighted by Gasteiger charge is 2.30. The van der Waals surface area contributed by atoms with Crippen molar-refractivity contribution in [3.63, 3.8) is 0 Å². The van der Waals surface area contributed by atoms with Gasteiger partial charge in [0.1, 0.15) is 0 Å². The van der Waals surface area contributed by atoms with Crippen LogP contribution in [0.25, 0.3) is 0 Å². The van der Waals surface area contributed by atoms with Gasteiger partial charge in [-0.2, -0.15) is 0 Å². The Hall–Kier alpha value is -0.300. The fraction of sp³-hybridized carbons (Fsp3) is 0.818. The zero-order chi connectivity index (χ0) is 8.86. The maximum absolute atomic E-state index is 5.83. The molecular formula is C11H20O. The summed E-state index contributed by atoms with van der Waals surface area (Å²) in [7, 11) is 0. The van der Waals surface area contributed by atoms with Gasteiger partial charge in [-0.25, -0.2) is 0 Å². The van der Waals surface area contributed by atoms with Crippen LogP contribution in [0.4, 0.5) is 0 Å². The molecular weight excluding hydrogens is 148 g/mol. The van der Waals surface area contributed by atoms with Gasteiger partial charge in [-0.05, 0) is 26.2 Å². The Labute approximate surface area is 75.8 Å². The molecule has 1 nitrogen and oxygen atoms in total. The maximum Gasteiger partial charge on any atom is 0.0750 e. The van der Waals surface area contributed by atoms with Crippen molar-refractivity contribution >= 4 is 0 Å². The number of hydrogen-bond donors (Lipinski definition) is 0. The summed E-state index contributed by atoms with van der Waals surface area (Å²) in [4.78, 5) is 0. The average molecular weight is 168 g/mol. The molecule has 0 aromatic heterocycles. The molecule has 1 aliphatic carbocycles. The van der Waals surface area contributed by atoms with Gasteiger partial charge in [0.25, 0.3) is 0 Å². The van der Waals surface area contributed by atoms with Crippen molar-refractivity contribution in [2.75, 3.05) is 6.61 Å². The van der Waals surface area contributed by atoms with Gasteiger partial charge in [0.05, 0.1) is 5.60 Å². The summed E-state index contributed by atoms with van der Waals surface area (Å²) in [5, 5.41) is 0. The average Bonchev–Trinajstić information content (AvgIpc) is 2.51. The smallest absolute Gasteiger partial charge is 0.0750 e. The third-order valence-electron chi connectivity index (χ3n) is 2.58. The highest BCUT2D eigenvalue weighted by Crippen LogP contribution is 2.32. The standard InChI is InChI=1S/C11H20O/c1-3-5-8-11(12-4-2)9-6-7-10-11/h6-7H,3-5,8-10H2,1-2H3. The van der Waals surface area contributed by atoms with E-state index in [0.29, 0.717) is 0 Å². The zero-order valence-corrected chi connectivity index (χ0v) is 8.31. The van der Waals surface area contributed by atoms with Crippen molar-refractivity contribution < 1.29 is 4.74 Å². The van der Waals surface area contributed by atoms with Crippen LogP contribution in [0.2, 0.25) is 0 Å². The first-order valence-electron chi connectivity index (χ1n) is 5.12. The van der Waals surface area contributed by atoms with E-state index in [2.05, 4.69) is 26.0 Å². The molecule has 0 unspecified atom stereocenters. The minimum Gasteiger partial charge on any atom is -0.375 e. The van der Waals surface area contributed by atoms with E-state index in [4.69, 9.17) is 4.74 Å². The Morgan fingerprint density at radius 3 is 2.42 bits per heavy atom. The van der Waals surface area contributed by atoms with E-state index in [1.54, 1.807) is 0 Å². The van der Waals surface area contributed by atoms with Gasteiger partial charge in [-0.3, -0.25) is 0 Å². The molecule has 0 N–H and O–H groups in total. The van der Waals surface area contributed by atoms with Gasteiger partial charge in [0.15, 0.2) is 0 Å². The number of hydrogen-bond acceptors (Lipinski definition) is 1. The lowest BCUT2D eigenvalue weighted by molar-refractivity contribution is -0.0369. The lowest BCUT2D eigenvalue weighted by atomic mass is 9.94. The van der Waals surface area contributed by atoms with E-state index in [-0.39, 0.29) is 5.60 Å². The molecule has 0 fully saturated rings. The summed E-state index contributed by atoms with van der Waals surface area (Å²) in [6, 6.07) is 0. The minimum absolute atomic E-state index is 0.185. The zero-order valence-electron chi connectivity index (χ0n) is 8.31. The lowest BCUT2D eigenvalue weighted by Crippen LogP contribution is -2.29. The van der Waals surface area contributed by atoms with E-state index < -0.39 is 0 Å². The first kappa shape index (κ1) is 9.79. The summed E-state index contributed by atoms with van der Waals surface area (Å²) in [6.45, 7) is 5.18. The summed E-state index contributed by atoms with van der Waals surface area (Å²) in [5.41, 5.74) is 0.185. The van der Waals surface area contributed by atoms with Crippen LogP contribution >= 0.6 is 0 Å². The second-order valence-electron chi connectivity index (χ2n) is 3.60. The molecule has 0 saturated carbocycles. The Kier molecular flexibility index (Phi) is 3.80. The summed E-state index contributed by atoms with van der Waals surface area (Å²) in [6.07, 6.45) is 10.6. The SMILES string of the molecule is CCCCC1(OCC)CC=CC1. The molecule has 0 radical (unpaired) electrons. The maximum atomic E-state index is 5.83. The van der Waals surface area contributed by atoms with Crippen molar-refractivity contribution in [1.82, 2.24) is 0 Å². The van der Waals surface area contributed by atoms with Crippen molar-refractivity contribution in [2.45, 2.75) is 51.6 Å². The molecule has 0 heterocycles. The van der Waals surface area contributed by atoms with Gasteiger partial charge in [-0.15, -0.1) is 0 Å². The quantitative estimate of drug-likeness (QED) is 0.572. The number of unbranched alkanes of at least 4 members (excludes halogenated alkanes) is 1. The second-order valence-corrected chi connectivity index (χ2v) is 3.60. The fourth-order valence-corrected chi connectivity index (χ4v) is 1.88. The Morgan fingerprint density at radius 1 is 1.25 bits per heavy atom. The Bertz CT molecular complexity index is 141. The highest BCUT2D eigenvalue weighted by atomic mass is 16.5. The Morgan fingerprint density at radius 2 is 1.92 bits per heavy atom. The lowest BCUT2D eigenvalue weighted by Gasteiger charge is -2.28. The van der Waals surface area contributed by atoms with E-state index in [0.717, 1.165) is 19.4 Å². The molecule has 1 heteroatoms. The van der Waals surface area contributed by atoms with Crippen LogP contribution in [0.5, 0.6) is 0 Å². The van der Waals surface area contributed by atoms with Crippen LogP contribution in [0.1, 0.15) is 46.0 Å². The van der Waals surface area contributed by atoms with Crippen molar-refractivity contribution in [3.05, 3.63) is 12.2 Å². The summed E-state index contributed by atoms with van der Waals surface area (Å²) >= 11 is 0.